The van der Waals surface area contributed by atoms with Gasteiger partial charge in [0.1, 0.15) is 9.88 Å². The zero-order chi connectivity index (χ0) is 16.0. The topological polar surface area (TPSA) is 62.7 Å². The summed E-state index contributed by atoms with van der Waals surface area (Å²) in [7, 11) is 1.55. The number of thiazole rings is 1. The van der Waals surface area contributed by atoms with Crippen molar-refractivity contribution in [3.63, 3.8) is 0 Å². The molecular formula is C15H26N2O3S. The lowest BCUT2D eigenvalue weighted by Crippen LogP contribution is -2.30. The van der Waals surface area contributed by atoms with Crippen LogP contribution in [0.2, 0.25) is 0 Å². The van der Waals surface area contributed by atoms with Gasteiger partial charge < -0.3 is 9.84 Å². The second kappa shape index (κ2) is 8.46. The number of nitrogens with zero attached hydrogens (tertiary/aromatic N) is 2. The van der Waals surface area contributed by atoms with E-state index in [-0.39, 0.29) is 6.61 Å². The van der Waals surface area contributed by atoms with Gasteiger partial charge in [0, 0.05) is 20.2 Å². The Hall–Kier alpha value is -0.980. The molecule has 0 aliphatic carbocycles. The third-order valence-corrected chi connectivity index (χ3v) is 3.89. The van der Waals surface area contributed by atoms with Crippen LogP contribution in [0, 0.1) is 11.8 Å². The van der Waals surface area contributed by atoms with Crippen molar-refractivity contribution in [1.29, 1.82) is 0 Å². The van der Waals surface area contributed by atoms with Gasteiger partial charge in [-0.2, -0.15) is 0 Å². The Morgan fingerprint density at radius 1 is 1.29 bits per heavy atom. The maximum absolute atomic E-state index is 11.3. The third kappa shape index (κ3) is 6.11. The molecule has 0 aliphatic heterocycles. The molecular weight excluding hydrogens is 288 g/mol. The molecule has 5 nitrogen and oxygen atoms in total. The molecule has 120 valence electrons. The average molecular weight is 314 g/mol. The van der Waals surface area contributed by atoms with Crippen molar-refractivity contribution in [2.75, 3.05) is 20.2 Å². The van der Waals surface area contributed by atoms with E-state index in [9.17, 15) is 9.90 Å². The molecule has 0 saturated heterocycles. The lowest BCUT2D eigenvalue weighted by molar-refractivity contribution is 0.0697. The molecule has 0 unspecified atom stereocenters. The van der Waals surface area contributed by atoms with Gasteiger partial charge in [0.05, 0.1) is 18.8 Å². The Bertz CT molecular complexity index is 448. The highest BCUT2D eigenvalue weighted by molar-refractivity contribution is 7.13. The zero-order valence-corrected chi connectivity index (χ0v) is 14.4. The first-order valence-electron chi connectivity index (χ1n) is 7.26. The van der Waals surface area contributed by atoms with E-state index >= 15 is 0 Å². The molecule has 0 aromatic carbocycles. The van der Waals surface area contributed by atoms with Gasteiger partial charge >= 0.3 is 5.97 Å². The predicted octanol–water partition coefficient (Wildman–Crippen LogP) is 3.10. The first-order valence-corrected chi connectivity index (χ1v) is 8.08. The monoisotopic (exact) mass is 314 g/mol. The van der Waals surface area contributed by atoms with Crippen LogP contribution in [0.15, 0.2) is 0 Å². The highest BCUT2D eigenvalue weighted by Crippen LogP contribution is 2.21. The molecule has 0 fully saturated rings. The molecule has 1 aromatic rings. The van der Waals surface area contributed by atoms with Crippen LogP contribution in [-0.2, 0) is 17.9 Å². The summed E-state index contributed by atoms with van der Waals surface area (Å²) in [4.78, 5) is 18.3. The fourth-order valence-corrected chi connectivity index (χ4v) is 3.25. The van der Waals surface area contributed by atoms with E-state index in [0.717, 1.165) is 18.1 Å². The molecule has 1 rings (SSSR count). The van der Waals surface area contributed by atoms with E-state index in [0.29, 0.717) is 29.0 Å². The van der Waals surface area contributed by atoms with Crippen LogP contribution in [0.1, 0.15) is 48.1 Å². The van der Waals surface area contributed by atoms with Gasteiger partial charge in [-0.05, 0) is 11.8 Å². The fourth-order valence-electron chi connectivity index (χ4n) is 2.30. The van der Waals surface area contributed by atoms with Crippen molar-refractivity contribution in [3.8, 4) is 0 Å². The molecule has 0 aliphatic rings. The molecule has 6 heteroatoms. The number of aromatic nitrogens is 1. The summed E-state index contributed by atoms with van der Waals surface area (Å²) in [6, 6.07) is 0. The molecule has 0 amide bonds. The molecule has 0 radical (unpaired) electrons. The molecule has 1 heterocycles. The van der Waals surface area contributed by atoms with Crippen LogP contribution in [-0.4, -0.2) is 41.2 Å². The molecule has 21 heavy (non-hydrogen) atoms. The second-order valence-electron chi connectivity index (χ2n) is 6.10. The van der Waals surface area contributed by atoms with Crippen LogP contribution >= 0.6 is 11.3 Å². The number of carboxylic acid groups (broad SMARTS) is 1. The van der Waals surface area contributed by atoms with Crippen LogP contribution in [0.3, 0.4) is 0 Å². The van der Waals surface area contributed by atoms with Gasteiger partial charge in [0.15, 0.2) is 0 Å². The van der Waals surface area contributed by atoms with Gasteiger partial charge in [-0.25, -0.2) is 9.78 Å². The predicted molar refractivity (Wildman–Crippen MR) is 84.7 cm³/mol. The summed E-state index contributed by atoms with van der Waals surface area (Å²) < 4.78 is 5.03. The normalized spacial score (nSPS) is 11.8. The van der Waals surface area contributed by atoms with E-state index in [1.807, 2.05) is 0 Å². The second-order valence-corrected chi connectivity index (χ2v) is 7.19. The minimum absolute atomic E-state index is 0.243. The number of ether oxygens (including phenoxy) is 1. The van der Waals surface area contributed by atoms with Crippen LogP contribution in [0.5, 0.6) is 0 Å². The van der Waals surface area contributed by atoms with Crippen molar-refractivity contribution in [1.82, 2.24) is 9.88 Å². The highest BCUT2D eigenvalue weighted by atomic mass is 32.1. The van der Waals surface area contributed by atoms with Crippen molar-refractivity contribution in [3.05, 3.63) is 15.6 Å². The van der Waals surface area contributed by atoms with E-state index in [1.54, 1.807) is 7.11 Å². The summed E-state index contributed by atoms with van der Waals surface area (Å²) in [5, 5.41) is 10.1. The number of rotatable bonds is 9. The Kier molecular flexibility index (Phi) is 7.28. The smallest absolute Gasteiger partial charge is 0.347 e. The lowest BCUT2D eigenvalue weighted by Gasteiger charge is -2.25. The Balaban J connectivity index is 2.87. The van der Waals surface area contributed by atoms with E-state index in [2.05, 4.69) is 37.6 Å². The summed E-state index contributed by atoms with van der Waals surface area (Å²) >= 11 is 1.26. The Labute approximate surface area is 130 Å². The lowest BCUT2D eigenvalue weighted by atomic mass is 10.1. The van der Waals surface area contributed by atoms with Crippen molar-refractivity contribution in [2.24, 2.45) is 11.8 Å². The molecule has 0 bridgehead atoms. The van der Waals surface area contributed by atoms with Crippen LogP contribution in [0.4, 0.5) is 0 Å². The number of hydrogen-bond acceptors (Lipinski definition) is 5. The number of carbonyl (C=O) groups is 1. The van der Waals surface area contributed by atoms with Crippen LogP contribution < -0.4 is 0 Å². The number of methoxy groups -OCH3 is 1. The highest BCUT2D eigenvalue weighted by Gasteiger charge is 2.19. The quantitative estimate of drug-likeness (QED) is 0.759. The first-order chi connectivity index (χ1) is 9.83. The fraction of sp³-hybridized carbons (Fsp3) is 0.733. The number of hydrogen-bond donors (Lipinski definition) is 1. The Morgan fingerprint density at radius 3 is 2.29 bits per heavy atom. The van der Waals surface area contributed by atoms with Crippen molar-refractivity contribution in [2.45, 2.75) is 40.8 Å². The molecule has 1 aromatic heterocycles. The van der Waals surface area contributed by atoms with Crippen molar-refractivity contribution >= 4 is 17.3 Å². The summed E-state index contributed by atoms with van der Waals surface area (Å²) in [5.74, 6) is 0.215. The summed E-state index contributed by atoms with van der Waals surface area (Å²) in [6.45, 7) is 11.7. The van der Waals surface area contributed by atoms with E-state index in [1.165, 1.54) is 11.3 Å². The third-order valence-electron chi connectivity index (χ3n) is 2.82. The van der Waals surface area contributed by atoms with Gasteiger partial charge in [-0.15, -0.1) is 11.3 Å². The molecule has 0 spiro atoms. The minimum atomic E-state index is -0.926. The molecule has 1 N–H and O–H groups in total. The maximum Gasteiger partial charge on any atom is 0.347 e. The summed E-state index contributed by atoms with van der Waals surface area (Å²) in [5.41, 5.74) is 0.527. The van der Waals surface area contributed by atoms with Crippen molar-refractivity contribution < 1.29 is 14.6 Å². The van der Waals surface area contributed by atoms with Gasteiger partial charge in [0.2, 0.25) is 0 Å². The first kappa shape index (κ1) is 18.1. The minimum Gasteiger partial charge on any atom is -0.477 e. The van der Waals surface area contributed by atoms with Gasteiger partial charge in [-0.3, -0.25) is 4.90 Å². The average Bonchev–Trinajstić information content (AvgIpc) is 2.70. The van der Waals surface area contributed by atoms with E-state index < -0.39 is 5.97 Å². The number of carboxylic acids is 1. The number of aromatic carboxylic acids is 1. The molecule has 0 saturated carbocycles. The van der Waals surface area contributed by atoms with Gasteiger partial charge in [-0.1, -0.05) is 27.7 Å². The molecule has 0 atom stereocenters. The van der Waals surface area contributed by atoms with Gasteiger partial charge in [0.25, 0.3) is 0 Å². The Morgan fingerprint density at radius 2 is 1.86 bits per heavy atom. The SMILES string of the molecule is COCc1nc(CN(CC(C)C)CC(C)C)sc1C(=O)O. The zero-order valence-electron chi connectivity index (χ0n) is 13.5. The maximum atomic E-state index is 11.3. The largest absolute Gasteiger partial charge is 0.477 e. The summed E-state index contributed by atoms with van der Waals surface area (Å²) in [6.07, 6.45) is 0. The van der Waals surface area contributed by atoms with E-state index in [4.69, 9.17) is 4.74 Å². The standard InChI is InChI=1S/C15H26N2O3S/c1-10(2)6-17(7-11(3)4)8-13-16-12(9-20-5)14(21-13)15(18)19/h10-11H,6-9H2,1-5H3,(H,18,19). The van der Waals surface area contributed by atoms with Crippen LogP contribution in [0.25, 0.3) is 0 Å².